The number of nitrogens with zero attached hydrogens (tertiary/aromatic N) is 4. The van der Waals surface area contributed by atoms with Crippen LogP contribution in [0.25, 0.3) is 11.5 Å². The third kappa shape index (κ3) is 4.50. The van der Waals surface area contributed by atoms with Gasteiger partial charge in [0.1, 0.15) is 17.7 Å². The molecule has 8 heteroatoms. The average molecular weight is 467 g/mol. The summed E-state index contributed by atoms with van der Waals surface area (Å²) in [5.41, 5.74) is 2.83. The molecule has 1 aliphatic heterocycles. The number of nitro benzene ring substituents is 1. The first-order chi connectivity index (χ1) is 17.2. The number of nitrogens with one attached hydrogen (secondary N) is 1. The zero-order valence-electron chi connectivity index (χ0n) is 19.0. The largest absolute Gasteiger partial charge is 0.419 e. The molecule has 0 aliphatic carbocycles. The maximum absolute atomic E-state index is 11.4. The van der Waals surface area contributed by atoms with Gasteiger partial charge >= 0.3 is 0 Å². The molecule has 1 aliphatic rings. The summed E-state index contributed by atoms with van der Waals surface area (Å²) >= 11 is 0. The lowest BCUT2D eigenvalue weighted by molar-refractivity contribution is -0.926. The van der Waals surface area contributed by atoms with Gasteiger partial charge in [0.15, 0.2) is 0 Å². The van der Waals surface area contributed by atoms with Gasteiger partial charge in [-0.05, 0) is 6.07 Å². The molecule has 1 aromatic heterocycles. The lowest BCUT2D eigenvalue weighted by atomic mass is 9.96. The molecule has 0 unspecified atom stereocenters. The number of nitriles is 1. The molecule has 35 heavy (non-hydrogen) atoms. The highest BCUT2D eigenvalue weighted by molar-refractivity contribution is 5.69. The molecule has 0 atom stereocenters. The Hall–Kier alpha value is -4.48. The fourth-order valence-electron chi connectivity index (χ4n) is 4.77. The van der Waals surface area contributed by atoms with Crippen LogP contribution >= 0.6 is 0 Å². The van der Waals surface area contributed by atoms with Gasteiger partial charge in [-0.2, -0.15) is 10.2 Å². The molecule has 0 amide bonds. The zero-order valence-corrected chi connectivity index (χ0v) is 19.0. The Kier molecular flexibility index (Phi) is 6.24. The van der Waals surface area contributed by atoms with E-state index < -0.39 is 4.92 Å². The Morgan fingerprint density at radius 1 is 0.943 bits per heavy atom. The Morgan fingerprint density at radius 2 is 1.51 bits per heavy atom. The van der Waals surface area contributed by atoms with Gasteiger partial charge in [0, 0.05) is 17.2 Å². The molecular weight excluding hydrogens is 442 g/mol. The van der Waals surface area contributed by atoms with Gasteiger partial charge in [0.2, 0.25) is 17.5 Å². The van der Waals surface area contributed by atoms with Gasteiger partial charge in [0.25, 0.3) is 5.69 Å². The Morgan fingerprint density at radius 3 is 2.09 bits per heavy atom. The number of anilines is 1. The van der Waals surface area contributed by atoms with E-state index in [2.05, 4.69) is 59.6 Å². The van der Waals surface area contributed by atoms with Crippen LogP contribution in [0.3, 0.4) is 0 Å². The number of para-hydroxylation sites is 1. The fourth-order valence-corrected chi connectivity index (χ4v) is 4.77. The SMILES string of the molecule is N#Cc1nc(-c2ccccc2[N+](=O)[O-])oc1N1CC[NH+](C(c2ccccc2)c2ccccc2)CC1. The van der Waals surface area contributed by atoms with Gasteiger partial charge in [-0.3, -0.25) is 10.1 Å². The summed E-state index contributed by atoms with van der Waals surface area (Å²) in [6, 6.07) is 29.6. The molecule has 2 heterocycles. The normalized spacial score (nSPS) is 14.1. The summed E-state index contributed by atoms with van der Waals surface area (Å²) in [6.45, 7) is 3.01. The molecule has 0 radical (unpaired) electrons. The number of hydrogen-bond acceptors (Lipinski definition) is 6. The van der Waals surface area contributed by atoms with Gasteiger partial charge < -0.3 is 14.2 Å². The number of aromatic nitrogens is 1. The van der Waals surface area contributed by atoms with Crippen molar-refractivity contribution in [2.45, 2.75) is 6.04 Å². The smallest absolute Gasteiger partial charge is 0.282 e. The number of rotatable bonds is 6. The van der Waals surface area contributed by atoms with E-state index in [0.717, 1.165) is 13.1 Å². The first-order valence-corrected chi connectivity index (χ1v) is 11.5. The van der Waals surface area contributed by atoms with Crippen LogP contribution in [0.1, 0.15) is 22.9 Å². The topological polar surface area (TPSA) is 101 Å². The molecule has 0 saturated carbocycles. The Bertz CT molecular complexity index is 1320. The number of hydrogen-bond donors (Lipinski definition) is 1. The number of benzene rings is 3. The van der Waals surface area contributed by atoms with Crippen LogP contribution in [0.15, 0.2) is 89.3 Å². The van der Waals surface area contributed by atoms with Crippen LogP contribution in [0, 0.1) is 21.4 Å². The number of oxazole rings is 1. The first-order valence-electron chi connectivity index (χ1n) is 11.5. The molecule has 1 saturated heterocycles. The highest BCUT2D eigenvalue weighted by Crippen LogP contribution is 2.33. The van der Waals surface area contributed by atoms with Crippen molar-refractivity contribution < 1.29 is 14.2 Å². The second-order valence-corrected chi connectivity index (χ2v) is 8.46. The number of nitro groups is 1. The van der Waals surface area contributed by atoms with Gasteiger partial charge in [-0.15, -0.1) is 0 Å². The van der Waals surface area contributed by atoms with Crippen molar-refractivity contribution in [2.75, 3.05) is 31.1 Å². The summed E-state index contributed by atoms with van der Waals surface area (Å²) in [6.07, 6.45) is 0. The van der Waals surface area contributed by atoms with E-state index >= 15 is 0 Å². The predicted octanol–water partition coefficient (Wildman–Crippen LogP) is 3.62. The third-order valence-electron chi connectivity index (χ3n) is 6.41. The molecule has 0 spiro atoms. The second-order valence-electron chi connectivity index (χ2n) is 8.46. The molecule has 1 fully saturated rings. The molecule has 3 aromatic carbocycles. The summed E-state index contributed by atoms with van der Waals surface area (Å²) in [7, 11) is 0. The molecule has 0 bridgehead atoms. The average Bonchev–Trinajstić information content (AvgIpc) is 3.35. The van der Waals surface area contributed by atoms with Gasteiger partial charge in [-0.25, -0.2) is 0 Å². The van der Waals surface area contributed by atoms with E-state index in [1.165, 1.54) is 22.1 Å². The van der Waals surface area contributed by atoms with Crippen molar-refractivity contribution in [3.8, 4) is 17.5 Å². The van der Waals surface area contributed by atoms with Crippen molar-refractivity contribution in [1.82, 2.24) is 4.98 Å². The van der Waals surface area contributed by atoms with Crippen molar-refractivity contribution in [3.63, 3.8) is 0 Å². The minimum Gasteiger partial charge on any atom is -0.419 e. The van der Waals surface area contributed by atoms with Crippen molar-refractivity contribution in [3.05, 3.63) is 112 Å². The standard InChI is InChI=1S/C27H23N5O3/c28-19-23-27(35-26(29-23)22-13-7-8-14-24(22)32(33)34)31-17-15-30(16-18-31)25(20-9-3-1-4-10-20)21-11-5-2-6-12-21/h1-14,25H,15-18H2/p+1. The highest BCUT2D eigenvalue weighted by atomic mass is 16.6. The summed E-state index contributed by atoms with van der Waals surface area (Å²) < 4.78 is 5.97. The lowest BCUT2D eigenvalue weighted by Gasteiger charge is -2.36. The Labute approximate surface area is 202 Å². The van der Waals surface area contributed by atoms with E-state index in [-0.39, 0.29) is 28.9 Å². The van der Waals surface area contributed by atoms with E-state index in [9.17, 15) is 15.4 Å². The van der Waals surface area contributed by atoms with E-state index in [4.69, 9.17) is 4.42 Å². The molecule has 174 valence electrons. The highest BCUT2D eigenvalue weighted by Gasteiger charge is 2.33. The molecule has 5 rings (SSSR count). The zero-order chi connectivity index (χ0) is 24.2. The maximum atomic E-state index is 11.4. The van der Waals surface area contributed by atoms with Crippen LogP contribution in [0.2, 0.25) is 0 Å². The lowest BCUT2D eigenvalue weighted by Crippen LogP contribution is -3.15. The molecular formula is C27H24N5O3+. The van der Waals surface area contributed by atoms with Crippen LogP contribution in [-0.2, 0) is 0 Å². The predicted molar refractivity (Wildman–Crippen MR) is 131 cm³/mol. The van der Waals surface area contributed by atoms with Crippen LogP contribution < -0.4 is 9.80 Å². The van der Waals surface area contributed by atoms with Crippen molar-refractivity contribution in [2.24, 2.45) is 0 Å². The van der Waals surface area contributed by atoms with Gasteiger partial charge in [0.05, 0.1) is 31.1 Å². The maximum Gasteiger partial charge on any atom is 0.282 e. The monoisotopic (exact) mass is 466 g/mol. The van der Waals surface area contributed by atoms with Gasteiger partial charge in [-0.1, -0.05) is 72.8 Å². The van der Waals surface area contributed by atoms with E-state index in [1.54, 1.807) is 18.2 Å². The summed E-state index contributed by atoms with van der Waals surface area (Å²) in [5, 5.41) is 21.1. The fraction of sp³-hybridized carbons (Fsp3) is 0.185. The van der Waals surface area contributed by atoms with E-state index in [0.29, 0.717) is 19.0 Å². The minimum absolute atomic E-state index is 0.0880. The number of piperazine rings is 1. The van der Waals surface area contributed by atoms with Crippen LogP contribution in [0.4, 0.5) is 11.6 Å². The van der Waals surface area contributed by atoms with Crippen molar-refractivity contribution >= 4 is 11.6 Å². The summed E-state index contributed by atoms with van der Waals surface area (Å²) in [5.74, 6) is 0.459. The molecule has 1 N–H and O–H groups in total. The number of quaternary nitrogens is 1. The van der Waals surface area contributed by atoms with Crippen LogP contribution in [0.5, 0.6) is 0 Å². The van der Waals surface area contributed by atoms with Crippen LogP contribution in [-0.4, -0.2) is 36.1 Å². The van der Waals surface area contributed by atoms with E-state index in [1.807, 2.05) is 17.0 Å². The summed E-state index contributed by atoms with van der Waals surface area (Å²) in [4.78, 5) is 18.7. The third-order valence-corrected chi connectivity index (χ3v) is 6.41. The second kappa shape index (κ2) is 9.79. The minimum atomic E-state index is -0.472. The first kappa shape index (κ1) is 22.3. The molecule has 8 nitrogen and oxygen atoms in total. The molecule has 4 aromatic rings. The quantitative estimate of drug-likeness (QED) is 0.344. The van der Waals surface area contributed by atoms with Crippen molar-refractivity contribution in [1.29, 1.82) is 5.26 Å². The Balaban J connectivity index is 1.40.